The predicted octanol–water partition coefficient (Wildman–Crippen LogP) is 4.78. The first-order valence-corrected chi connectivity index (χ1v) is 11.2. The smallest absolute Gasteiger partial charge is 0.309 e. The molecule has 0 radical (unpaired) electrons. The lowest BCUT2D eigenvalue weighted by molar-refractivity contribution is -0.150. The molecule has 0 saturated heterocycles. The maximum Gasteiger partial charge on any atom is 0.309 e. The van der Waals surface area contributed by atoms with Gasteiger partial charge in [-0.1, -0.05) is 45.8 Å². The quantitative estimate of drug-likeness (QED) is 0.705. The minimum Gasteiger partial charge on any atom is -0.481 e. The number of carboxylic acid groups (broad SMARTS) is 1. The predicted molar refractivity (Wildman–Crippen MR) is 79.7 cm³/mol. The number of carbonyl (C=O) groups is 1. The molecule has 3 heteroatoms. The Morgan fingerprint density at radius 2 is 1.83 bits per heavy atom. The summed E-state index contributed by atoms with van der Waals surface area (Å²) in [5.41, 5.74) is -0.382. The molecule has 1 rings (SSSR count). The highest BCUT2D eigenvalue weighted by atomic mass is 28.3. The Morgan fingerprint density at radius 1 is 1.28 bits per heavy atom. The molecule has 1 N–H and O–H groups in total. The first kappa shape index (κ1) is 15.7. The summed E-state index contributed by atoms with van der Waals surface area (Å²) in [6.07, 6.45) is 7.98. The van der Waals surface area contributed by atoms with Gasteiger partial charge >= 0.3 is 5.97 Å². The van der Waals surface area contributed by atoms with E-state index in [1.165, 1.54) is 19.3 Å². The zero-order chi connectivity index (χ0) is 13.8. The van der Waals surface area contributed by atoms with Gasteiger partial charge in [-0.05, 0) is 37.6 Å². The average Bonchev–Trinajstić information content (AvgIpc) is 2.26. The summed E-state index contributed by atoms with van der Waals surface area (Å²) in [6.45, 7) is 9.11. The number of unbranched alkanes of at least 4 members (excludes halogenated alkanes) is 1. The van der Waals surface area contributed by atoms with E-state index in [1.807, 2.05) is 0 Å². The van der Waals surface area contributed by atoms with Gasteiger partial charge in [0, 0.05) is 8.07 Å². The van der Waals surface area contributed by atoms with Crippen LogP contribution >= 0.6 is 0 Å². The molecule has 0 amide bonds. The Labute approximate surface area is 113 Å². The third-order valence-corrected chi connectivity index (χ3v) is 6.09. The van der Waals surface area contributed by atoms with Gasteiger partial charge in [0.1, 0.15) is 0 Å². The summed E-state index contributed by atoms with van der Waals surface area (Å²) in [5.74, 6) is 0.262. The van der Waals surface area contributed by atoms with Gasteiger partial charge in [0.25, 0.3) is 0 Å². The van der Waals surface area contributed by atoms with Gasteiger partial charge in [-0.2, -0.15) is 0 Å². The van der Waals surface area contributed by atoms with E-state index in [4.69, 9.17) is 0 Å². The highest BCUT2D eigenvalue weighted by molar-refractivity contribution is 6.76. The van der Waals surface area contributed by atoms with Crippen LogP contribution in [0.15, 0.2) is 0 Å². The van der Waals surface area contributed by atoms with Gasteiger partial charge in [-0.25, -0.2) is 0 Å². The second-order valence-corrected chi connectivity index (χ2v) is 12.9. The zero-order valence-corrected chi connectivity index (χ0v) is 13.6. The highest BCUT2D eigenvalue weighted by Crippen LogP contribution is 2.46. The van der Waals surface area contributed by atoms with Crippen molar-refractivity contribution in [1.82, 2.24) is 0 Å². The van der Waals surface area contributed by atoms with E-state index in [0.717, 1.165) is 37.6 Å². The molecule has 0 unspecified atom stereocenters. The van der Waals surface area contributed by atoms with Crippen LogP contribution in [0.2, 0.25) is 25.7 Å². The van der Waals surface area contributed by atoms with Crippen molar-refractivity contribution in [2.24, 2.45) is 11.3 Å². The third kappa shape index (κ3) is 4.41. The van der Waals surface area contributed by atoms with Crippen LogP contribution in [0, 0.1) is 11.3 Å². The Kier molecular flexibility index (Phi) is 5.44. The number of hydrogen-bond donors (Lipinski definition) is 1. The summed E-state index contributed by atoms with van der Waals surface area (Å²) >= 11 is 0. The molecular formula is C15H30O2Si. The van der Waals surface area contributed by atoms with Crippen molar-refractivity contribution in [2.75, 3.05) is 0 Å². The number of hydrogen-bond acceptors (Lipinski definition) is 1. The maximum absolute atomic E-state index is 11.7. The van der Waals surface area contributed by atoms with E-state index in [2.05, 4.69) is 26.6 Å². The van der Waals surface area contributed by atoms with Gasteiger partial charge in [-0.3, -0.25) is 4.79 Å². The van der Waals surface area contributed by atoms with Crippen LogP contribution in [0.1, 0.15) is 51.9 Å². The SMILES string of the molecule is CCCCC1CCC(C[Si](C)(C)C)(C(=O)O)CC1. The highest BCUT2D eigenvalue weighted by Gasteiger charge is 2.44. The molecule has 106 valence electrons. The minimum atomic E-state index is -1.31. The van der Waals surface area contributed by atoms with Crippen LogP contribution in [-0.4, -0.2) is 19.1 Å². The summed E-state index contributed by atoms with van der Waals surface area (Å²) in [6, 6.07) is 0.954. The van der Waals surface area contributed by atoms with Gasteiger partial charge in [0.15, 0.2) is 0 Å². The van der Waals surface area contributed by atoms with Crippen LogP contribution in [0.5, 0.6) is 0 Å². The van der Waals surface area contributed by atoms with Crippen molar-refractivity contribution < 1.29 is 9.90 Å². The van der Waals surface area contributed by atoms with Crippen LogP contribution in [0.25, 0.3) is 0 Å². The van der Waals surface area contributed by atoms with Crippen molar-refractivity contribution in [2.45, 2.75) is 77.6 Å². The van der Waals surface area contributed by atoms with E-state index >= 15 is 0 Å². The van der Waals surface area contributed by atoms with Gasteiger partial charge in [0.05, 0.1) is 5.41 Å². The molecule has 2 nitrogen and oxygen atoms in total. The summed E-state index contributed by atoms with van der Waals surface area (Å²) < 4.78 is 0. The van der Waals surface area contributed by atoms with Crippen LogP contribution in [0.4, 0.5) is 0 Å². The Balaban J connectivity index is 2.60. The van der Waals surface area contributed by atoms with Gasteiger partial charge in [-0.15, -0.1) is 0 Å². The fourth-order valence-corrected chi connectivity index (χ4v) is 6.03. The van der Waals surface area contributed by atoms with E-state index in [9.17, 15) is 9.90 Å². The first-order valence-electron chi connectivity index (χ1n) is 7.52. The fourth-order valence-electron chi connectivity index (χ4n) is 3.49. The maximum atomic E-state index is 11.7. The van der Waals surface area contributed by atoms with E-state index in [1.54, 1.807) is 0 Å². The Morgan fingerprint density at radius 3 is 2.22 bits per heavy atom. The standard InChI is InChI=1S/C15H30O2Si/c1-5-6-7-13-8-10-15(11-9-13,14(16)17)12-18(2,3)4/h13H,5-12H2,1-4H3,(H,16,17). The second kappa shape index (κ2) is 6.22. The van der Waals surface area contributed by atoms with Crippen molar-refractivity contribution in [3.63, 3.8) is 0 Å². The molecule has 1 aliphatic carbocycles. The monoisotopic (exact) mass is 270 g/mol. The van der Waals surface area contributed by atoms with E-state index in [-0.39, 0.29) is 5.41 Å². The molecule has 0 aromatic carbocycles. The molecule has 18 heavy (non-hydrogen) atoms. The normalized spacial score (nSPS) is 29.2. The third-order valence-electron chi connectivity index (χ3n) is 4.35. The summed E-state index contributed by atoms with van der Waals surface area (Å²) in [7, 11) is -1.31. The summed E-state index contributed by atoms with van der Waals surface area (Å²) in [4.78, 5) is 11.7. The molecule has 0 aromatic rings. The fraction of sp³-hybridized carbons (Fsp3) is 0.933. The van der Waals surface area contributed by atoms with Crippen LogP contribution < -0.4 is 0 Å². The van der Waals surface area contributed by atoms with Gasteiger partial charge in [0.2, 0.25) is 0 Å². The molecule has 0 spiro atoms. The lowest BCUT2D eigenvalue weighted by atomic mass is 9.70. The molecular weight excluding hydrogens is 240 g/mol. The summed E-state index contributed by atoms with van der Waals surface area (Å²) in [5, 5.41) is 9.64. The first-order chi connectivity index (χ1) is 8.29. The molecule has 0 aliphatic heterocycles. The van der Waals surface area contributed by atoms with Crippen LogP contribution in [-0.2, 0) is 4.79 Å². The van der Waals surface area contributed by atoms with Crippen molar-refractivity contribution in [3.8, 4) is 0 Å². The number of carboxylic acids is 1. The molecule has 1 saturated carbocycles. The lowest BCUT2D eigenvalue weighted by Crippen LogP contribution is -2.41. The molecule has 0 heterocycles. The number of rotatable bonds is 6. The Bertz CT molecular complexity index is 273. The molecule has 0 atom stereocenters. The second-order valence-electron chi connectivity index (χ2n) is 7.41. The topological polar surface area (TPSA) is 37.3 Å². The van der Waals surface area contributed by atoms with E-state index in [0.29, 0.717) is 0 Å². The van der Waals surface area contributed by atoms with Crippen molar-refractivity contribution in [3.05, 3.63) is 0 Å². The minimum absolute atomic E-state index is 0.382. The largest absolute Gasteiger partial charge is 0.481 e. The average molecular weight is 270 g/mol. The van der Waals surface area contributed by atoms with Crippen molar-refractivity contribution >= 4 is 14.0 Å². The van der Waals surface area contributed by atoms with Crippen LogP contribution in [0.3, 0.4) is 0 Å². The molecule has 1 aliphatic rings. The molecule has 0 aromatic heterocycles. The molecule has 1 fully saturated rings. The Hall–Kier alpha value is -0.313. The lowest BCUT2D eigenvalue weighted by Gasteiger charge is -2.40. The van der Waals surface area contributed by atoms with E-state index < -0.39 is 14.0 Å². The molecule has 0 bridgehead atoms. The van der Waals surface area contributed by atoms with Gasteiger partial charge < -0.3 is 5.11 Å². The van der Waals surface area contributed by atoms with Crippen molar-refractivity contribution in [1.29, 1.82) is 0 Å². The number of aliphatic carboxylic acids is 1. The zero-order valence-electron chi connectivity index (χ0n) is 12.6.